The van der Waals surface area contributed by atoms with Gasteiger partial charge in [-0.1, -0.05) is 0 Å². The van der Waals surface area contributed by atoms with Crippen molar-refractivity contribution in [2.24, 2.45) is 5.41 Å². The molecule has 0 bridgehead atoms. The zero-order valence-corrected chi connectivity index (χ0v) is 15.2. The van der Waals surface area contributed by atoms with Gasteiger partial charge in [-0.25, -0.2) is 0 Å². The topological polar surface area (TPSA) is 58.8 Å². The molecule has 1 amide bonds. The van der Waals surface area contributed by atoms with Crippen LogP contribution in [0.5, 0.6) is 0 Å². The molecule has 0 aliphatic carbocycles. The van der Waals surface area contributed by atoms with Crippen molar-refractivity contribution < 1.29 is 13.9 Å². The minimum absolute atomic E-state index is 0.0438. The molecular formula is C20H25N3O3. The van der Waals surface area contributed by atoms with Gasteiger partial charge in [0.05, 0.1) is 36.9 Å². The van der Waals surface area contributed by atoms with Crippen LogP contribution in [0.4, 0.5) is 5.69 Å². The molecule has 2 aliphatic heterocycles. The molecule has 1 spiro atoms. The van der Waals surface area contributed by atoms with Gasteiger partial charge in [0.2, 0.25) is 0 Å². The van der Waals surface area contributed by atoms with E-state index in [1.807, 2.05) is 24.1 Å². The lowest BCUT2D eigenvalue weighted by Crippen LogP contribution is -2.52. The summed E-state index contributed by atoms with van der Waals surface area (Å²) in [4.78, 5) is 21.5. The Hall–Kier alpha value is -2.34. The van der Waals surface area contributed by atoms with Gasteiger partial charge < -0.3 is 19.0 Å². The first-order chi connectivity index (χ1) is 12.7. The van der Waals surface area contributed by atoms with E-state index in [0.717, 1.165) is 38.2 Å². The zero-order valence-electron chi connectivity index (χ0n) is 15.2. The number of nitrogens with zero attached hydrogens (tertiary/aromatic N) is 3. The van der Waals surface area contributed by atoms with Crippen LogP contribution in [0.3, 0.4) is 0 Å². The zero-order chi connectivity index (χ0) is 18.0. The van der Waals surface area contributed by atoms with E-state index in [1.165, 1.54) is 0 Å². The Morgan fingerprint density at radius 2 is 2.19 bits per heavy atom. The van der Waals surface area contributed by atoms with E-state index in [4.69, 9.17) is 9.15 Å². The lowest BCUT2D eigenvalue weighted by Gasteiger charge is -2.43. The molecule has 2 aliphatic rings. The Morgan fingerprint density at radius 1 is 1.27 bits per heavy atom. The highest BCUT2D eigenvalue weighted by atomic mass is 16.5. The third-order valence-electron chi connectivity index (χ3n) is 5.49. The predicted octanol–water partition coefficient (Wildman–Crippen LogP) is 2.74. The molecule has 6 nitrogen and oxygen atoms in total. The summed E-state index contributed by atoms with van der Waals surface area (Å²) in [5, 5.41) is 0. The van der Waals surface area contributed by atoms with Crippen molar-refractivity contribution in [3.63, 3.8) is 0 Å². The third kappa shape index (κ3) is 3.33. The van der Waals surface area contributed by atoms with Crippen LogP contribution >= 0.6 is 0 Å². The summed E-state index contributed by atoms with van der Waals surface area (Å²) >= 11 is 0. The number of hydrogen-bond acceptors (Lipinski definition) is 5. The molecular weight excluding hydrogens is 330 g/mol. The van der Waals surface area contributed by atoms with E-state index >= 15 is 0 Å². The van der Waals surface area contributed by atoms with Crippen LogP contribution < -0.4 is 4.90 Å². The van der Waals surface area contributed by atoms with Crippen molar-refractivity contribution in [1.82, 2.24) is 9.88 Å². The molecule has 4 heterocycles. The fraction of sp³-hybridized carbons (Fsp3) is 0.500. The summed E-state index contributed by atoms with van der Waals surface area (Å²) in [5.41, 5.74) is 1.74. The number of aryl methyl sites for hydroxylation is 1. The molecule has 2 saturated heterocycles. The first-order valence-electron chi connectivity index (χ1n) is 9.23. The van der Waals surface area contributed by atoms with Crippen LogP contribution in [-0.2, 0) is 4.74 Å². The third-order valence-corrected chi connectivity index (χ3v) is 5.49. The molecule has 138 valence electrons. The first-order valence-corrected chi connectivity index (χ1v) is 9.23. The van der Waals surface area contributed by atoms with Crippen LogP contribution in [-0.4, -0.2) is 55.2 Å². The van der Waals surface area contributed by atoms with Crippen LogP contribution in [0.25, 0.3) is 0 Å². The maximum atomic E-state index is 12.9. The van der Waals surface area contributed by atoms with Crippen molar-refractivity contribution in [3.8, 4) is 0 Å². The molecule has 6 heteroatoms. The largest absolute Gasteiger partial charge is 0.469 e. The Morgan fingerprint density at radius 3 is 2.96 bits per heavy atom. The van der Waals surface area contributed by atoms with Crippen LogP contribution in [0, 0.1) is 12.3 Å². The van der Waals surface area contributed by atoms with E-state index in [-0.39, 0.29) is 11.3 Å². The van der Waals surface area contributed by atoms with Crippen molar-refractivity contribution in [2.75, 3.05) is 44.3 Å². The van der Waals surface area contributed by atoms with Crippen molar-refractivity contribution in [1.29, 1.82) is 0 Å². The van der Waals surface area contributed by atoms with Crippen molar-refractivity contribution in [2.45, 2.75) is 19.8 Å². The Kier molecular flexibility index (Phi) is 4.68. The van der Waals surface area contributed by atoms with Gasteiger partial charge >= 0.3 is 0 Å². The van der Waals surface area contributed by atoms with E-state index in [9.17, 15) is 4.79 Å². The summed E-state index contributed by atoms with van der Waals surface area (Å²) in [6.45, 7) is 6.47. The minimum atomic E-state index is -0.0438. The van der Waals surface area contributed by atoms with E-state index in [2.05, 4.69) is 16.0 Å². The number of pyridine rings is 1. The quantitative estimate of drug-likeness (QED) is 0.829. The van der Waals surface area contributed by atoms with Gasteiger partial charge in [-0.2, -0.15) is 0 Å². The SMILES string of the molecule is Cc1occc1C(=O)N1CCC[C@]2(COCCN(c3cccnc3)C2)C1. The Bertz CT molecular complexity index is 761. The molecule has 0 saturated carbocycles. The van der Waals surface area contributed by atoms with E-state index in [0.29, 0.717) is 31.1 Å². The second-order valence-corrected chi connectivity index (χ2v) is 7.41. The molecule has 2 aromatic heterocycles. The van der Waals surface area contributed by atoms with Crippen LogP contribution in [0.2, 0.25) is 0 Å². The first kappa shape index (κ1) is 17.1. The van der Waals surface area contributed by atoms with Gasteiger partial charge in [0.25, 0.3) is 5.91 Å². The highest BCUT2D eigenvalue weighted by Gasteiger charge is 2.40. The monoisotopic (exact) mass is 355 g/mol. The molecule has 2 fully saturated rings. The standard InChI is InChI=1S/C20H25N3O3/c1-16-18(5-10-26-16)19(24)23-8-3-6-20(14-23)13-22(9-11-25-15-20)17-4-2-7-21-12-17/h2,4-5,7,10,12H,3,6,8-9,11,13-15H2,1H3/t20-/m1/s1. The molecule has 1 atom stereocenters. The van der Waals surface area contributed by atoms with E-state index < -0.39 is 0 Å². The number of amides is 1. The molecule has 0 aromatic carbocycles. The van der Waals surface area contributed by atoms with Gasteiger partial charge in [0.15, 0.2) is 0 Å². The number of piperidine rings is 1. The van der Waals surface area contributed by atoms with Crippen molar-refractivity contribution in [3.05, 3.63) is 48.2 Å². The van der Waals surface area contributed by atoms with Gasteiger partial charge in [0.1, 0.15) is 5.76 Å². The number of anilines is 1. The van der Waals surface area contributed by atoms with Gasteiger partial charge in [-0.05, 0) is 38.0 Å². The average Bonchev–Trinajstić information content (AvgIpc) is 3.00. The molecule has 0 radical (unpaired) electrons. The molecule has 4 rings (SSSR count). The maximum Gasteiger partial charge on any atom is 0.257 e. The fourth-order valence-electron chi connectivity index (χ4n) is 4.16. The fourth-order valence-corrected chi connectivity index (χ4v) is 4.16. The maximum absolute atomic E-state index is 12.9. The number of furan rings is 1. The number of aromatic nitrogens is 1. The Labute approximate surface area is 153 Å². The average molecular weight is 355 g/mol. The van der Waals surface area contributed by atoms with Crippen LogP contribution in [0.15, 0.2) is 41.3 Å². The van der Waals surface area contributed by atoms with Gasteiger partial charge in [-0.15, -0.1) is 0 Å². The number of hydrogen-bond donors (Lipinski definition) is 0. The van der Waals surface area contributed by atoms with Gasteiger partial charge in [-0.3, -0.25) is 9.78 Å². The normalized spacial score (nSPS) is 23.9. The van der Waals surface area contributed by atoms with Gasteiger partial charge in [0, 0.05) is 37.8 Å². The molecule has 0 N–H and O–H groups in total. The molecule has 0 unspecified atom stereocenters. The highest BCUT2D eigenvalue weighted by molar-refractivity contribution is 5.95. The lowest BCUT2D eigenvalue weighted by atomic mass is 9.79. The number of ether oxygens (including phenoxy) is 1. The summed E-state index contributed by atoms with van der Waals surface area (Å²) < 4.78 is 11.3. The number of rotatable bonds is 2. The minimum Gasteiger partial charge on any atom is -0.469 e. The summed E-state index contributed by atoms with van der Waals surface area (Å²) in [6.07, 6.45) is 7.34. The predicted molar refractivity (Wildman–Crippen MR) is 98.3 cm³/mol. The lowest BCUT2D eigenvalue weighted by molar-refractivity contribution is 0.0134. The number of carbonyl (C=O) groups is 1. The smallest absolute Gasteiger partial charge is 0.257 e. The highest BCUT2D eigenvalue weighted by Crippen LogP contribution is 2.35. The van der Waals surface area contributed by atoms with Crippen LogP contribution in [0.1, 0.15) is 29.0 Å². The summed E-state index contributed by atoms with van der Waals surface area (Å²) in [7, 11) is 0. The summed E-state index contributed by atoms with van der Waals surface area (Å²) in [6, 6.07) is 5.82. The molecule has 2 aromatic rings. The second kappa shape index (κ2) is 7.11. The second-order valence-electron chi connectivity index (χ2n) is 7.41. The number of likely N-dealkylation sites (tertiary alicyclic amines) is 1. The Balaban J connectivity index is 1.54. The molecule has 26 heavy (non-hydrogen) atoms. The van der Waals surface area contributed by atoms with E-state index in [1.54, 1.807) is 18.5 Å². The summed E-state index contributed by atoms with van der Waals surface area (Å²) in [5.74, 6) is 0.747. The number of carbonyl (C=O) groups excluding carboxylic acids is 1. The van der Waals surface area contributed by atoms with Crippen molar-refractivity contribution >= 4 is 11.6 Å².